The highest BCUT2D eigenvalue weighted by atomic mass is 16.5. The Morgan fingerprint density at radius 1 is 1.39 bits per heavy atom. The Kier molecular flexibility index (Phi) is 10.1. The quantitative estimate of drug-likeness (QED) is 0.214. The maximum Gasteiger partial charge on any atom is 0.323 e. The third kappa shape index (κ3) is 6.47. The third-order valence-electron chi connectivity index (χ3n) is 2.92. The van der Waals surface area contributed by atoms with E-state index in [2.05, 4.69) is 29.2 Å². The molecule has 0 spiro atoms. The van der Waals surface area contributed by atoms with Crippen molar-refractivity contribution in [3.63, 3.8) is 0 Å². The molecular formula is C12H24N4O2. The van der Waals surface area contributed by atoms with Gasteiger partial charge in [0, 0.05) is 11.5 Å². The molecule has 1 N–H and O–H groups in total. The minimum atomic E-state index is -0.258. The van der Waals surface area contributed by atoms with E-state index in [0.29, 0.717) is 19.7 Å². The molecule has 0 saturated carbocycles. The summed E-state index contributed by atoms with van der Waals surface area (Å²) in [7, 11) is 0. The van der Waals surface area contributed by atoms with Gasteiger partial charge in [-0.2, -0.15) is 0 Å². The molecule has 18 heavy (non-hydrogen) atoms. The van der Waals surface area contributed by atoms with Crippen molar-refractivity contribution in [2.45, 2.75) is 46.1 Å². The van der Waals surface area contributed by atoms with Gasteiger partial charge in [0.2, 0.25) is 0 Å². The molecule has 0 aromatic carbocycles. The third-order valence-corrected chi connectivity index (χ3v) is 2.92. The van der Waals surface area contributed by atoms with Crippen molar-refractivity contribution in [3.8, 4) is 0 Å². The minimum Gasteiger partial charge on any atom is -0.465 e. The van der Waals surface area contributed by atoms with Crippen molar-refractivity contribution >= 4 is 5.97 Å². The predicted molar refractivity (Wildman–Crippen MR) is 71.1 cm³/mol. The topological polar surface area (TPSA) is 87.1 Å². The fourth-order valence-electron chi connectivity index (χ4n) is 1.89. The van der Waals surface area contributed by atoms with Crippen LogP contribution in [0.15, 0.2) is 5.11 Å². The first kappa shape index (κ1) is 16.7. The van der Waals surface area contributed by atoms with Gasteiger partial charge in [0.1, 0.15) is 6.04 Å². The Labute approximate surface area is 109 Å². The number of hydrogen-bond acceptors (Lipinski definition) is 4. The van der Waals surface area contributed by atoms with E-state index >= 15 is 0 Å². The van der Waals surface area contributed by atoms with Gasteiger partial charge in [-0.1, -0.05) is 31.8 Å². The van der Waals surface area contributed by atoms with Gasteiger partial charge in [-0.25, -0.2) is 0 Å². The molecule has 0 rings (SSSR count). The van der Waals surface area contributed by atoms with Gasteiger partial charge in [-0.15, -0.1) is 0 Å². The van der Waals surface area contributed by atoms with Crippen molar-refractivity contribution < 1.29 is 9.53 Å². The second kappa shape index (κ2) is 10.9. The molecule has 0 aliphatic rings. The highest BCUT2D eigenvalue weighted by Crippen LogP contribution is 2.14. The summed E-state index contributed by atoms with van der Waals surface area (Å²) in [5.41, 5.74) is 8.16. The van der Waals surface area contributed by atoms with Crippen molar-refractivity contribution in [1.29, 1.82) is 0 Å². The molecule has 104 valence electrons. The first-order valence-electron chi connectivity index (χ1n) is 6.62. The molecule has 0 radical (unpaired) electrons. The number of nitrogens with one attached hydrogen (secondary N) is 1. The molecular weight excluding hydrogens is 232 g/mol. The van der Waals surface area contributed by atoms with E-state index < -0.39 is 0 Å². The Balaban J connectivity index is 4.28. The van der Waals surface area contributed by atoms with Crippen LogP contribution in [-0.4, -0.2) is 31.7 Å². The molecule has 0 bridgehead atoms. The predicted octanol–water partition coefficient (Wildman–Crippen LogP) is 2.64. The zero-order valence-corrected chi connectivity index (χ0v) is 11.6. The van der Waals surface area contributed by atoms with Crippen LogP contribution in [0, 0.1) is 5.92 Å². The zero-order chi connectivity index (χ0) is 13.8. The van der Waals surface area contributed by atoms with Crippen LogP contribution >= 0.6 is 0 Å². The Morgan fingerprint density at radius 3 is 2.56 bits per heavy atom. The lowest BCUT2D eigenvalue weighted by atomic mass is 9.94. The maximum atomic E-state index is 11.9. The van der Waals surface area contributed by atoms with Gasteiger partial charge in [0.15, 0.2) is 0 Å². The summed E-state index contributed by atoms with van der Waals surface area (Å²) in [6.45, 7) is 7.45. The Hall–Kier alpha value is -1.26. The molecule has 6 heteroatoms. The monoisotopic (exact) mass is 256 g/mol. The van der Waals surface area contributed by atoms with Crippen LogP contribution in [-0.2, 0) is 9.53 Å². The van der Waals surface area contributed by atoms with E-state index in [1.165, 1.54) is 0 Å². The van der Waals surface area contributed by atoms with E-state index in [1.807, 2.05) is 6.92 Å². The number of ether oxygens (including phenoxy) is 1. The summed E-state index contributed by atoms with van der Waals surface area (Å²) in [5.74, 6) is 0.0958. The normalized spacial score (nSPS) is 12.0. The fraction of sp³-hybridized carbons (Fsp3) is 0.917. The molecule has 6 nitrogen and oxygen atoms in total. The summed E-state index contributed by atoms with van der Waals surface area (Å²) in [6.07, 6.45) is 2.59. The zero-order valence-electron chi connectivity index (χ0n) is 11.6. The second-order valence-electron chi connectivity index (χ2n) is 4.07. The second-order valence-corrected chi connectivity index (χ2v) is 4.07. The first-order chi connectivity index (χ1) is 8.71. The fourth-order valence-corrected chi connectivity index (χ4v) is 1.89. The smallest absolute Gasteiger partial charge is 0.323 e. The molecule has 0 aromatic rings. The van der Waals surface area contributed by atoms with Gasteiger partial charge in [0.05, 0.1) is 6.61 Å². The molecule has 1 atom stereocenters. The van der Waals surface area contributed by atoms with Crippen LogP contribution in [0.3, 0.4) is 0 Å². The maximum absolute atomic E-state index is 11.9. The largest absolute Gasteiger partial charge is 0.465 e. The van der Waals surface area contributed by atoms with Gasteiger partial charge >= 0.3 is 5.97 Å². The molecule has 0 fully saturated rings. The molecule has 0 amide bonds. The van der Waals surface area contributed by atoms with Crippen molar-refractivity contribution in [2.75, 3.05) is 19.7 Å². The van der Waals surface area contributed by atoms with Crippen LogP contribution in [0.1, 0.15) is 40.0 Å². The van der Waals surface area contributed by atoms with Gasteiger partial charge in [0.25, 0.3) is 0 Å². The first-order valence-corrected chi connectivity index (χ1v) is 6.62. The van der Waals surface area contributed by atoms with Gasteiger partial charge in [-0.05, 0) is 31.3 Å². The lowest BCUT2D eigenvalue weighted by Gasteiger charge is -2.24. The molecule has 0 aliphatic heterocycles. The summed E-state index contributed by atoms with van der Waals surface area (Å²) < 4.78 is 5.08. The molecule has 0 saturated heterocycles. The Bertz CT molecular complexity index is 273. The van der Waals surface area contributed by atoms with Crippen molar-refractivity contribution in [1.82, 2.24) is 5.32 Å². The number of carbonyl (C=O) groups is 1. The minimum absolute atomic E-state index is 0.185. The van der Waals surface area contributed by atoms with E-state index in [-0.39, 0.29) is 17.9 Å². The molecule has 0 heterocycles. The van der Waals surface area contributed by atoms with Crippen LogP contribution < -0.4 is 5.32 Å². The molecule has 0 aliphatic carbocycles. The van der Waals surface area contributed by atoms with Gasteiger partial charge in [-0.3, -0.25) is 4.79 Å². The summed E-state index contributed by atoms with van der Waals surface area (Å²) in [5, 5.41) is 6.67. The van der Waals surface area contributed by atoms with Crippen LogP contribution in [0.2, 0.25) is 0 Å². The van der Waals surface area contributed by atoms with E-state index in [0.717, 1.165) is 19.3 Å². The average Bonchev–Trinajstić information content (AvgIpc) is 2.37. The lowest BCUT2D eigenvalue weighted by molar-refractivity contribution is -0.147. The average molecular weight is 256 g/mol. The number of hydrogen-bond donors (Lipinski definition) is 1. The highest BCUT2D eigenvalue weighted by Gasteiger charge is 2.26. The summed E-state index contributed by atoms with van der Waals surface area (Å²) >= 11 is 0. The van der Waals surface area contributed by atoms with Crippen LogP contribution in [0.5, 0.6) is 0 Å². The summed E-state index contributed by atoms with van der Waals surface area (Å²) in [6, 6.07) is -0.258. The lowest BCUT2D eigenvalue weighted by Crippen LogP contribution is -2.44. The summed E-state index contributed by atoms with van der Waals surface area (Å²) in [4.78, 5) is 14.5. The Morgan fingerprint density at radius 2 is 2.06 bits per heavy atom. The van der Waals surface area contributed by atoms with Crippen molar-refractivity contribution in [2.24, 2.45) is 11.0 Å². The van der Waals surface area contributed by atoms with E-state index in [4.69, 9.17) is 10.3 Å². The van der Waals surface area contributed by atoms with Crippen LogP contribution in [0.4, 0.5) is 0 Å². The van der Waals surface area contributed by atoms with Crippen molar-refractivity contribution in [3.05, 3.63) is 10.4 Å². The van der Waals surface area contributed by atoms with E-state index in [9.17, 15) is 4.79 Å². The molecule has 1 unspecified atom stereocenters. The highest BCUT2D eigenvalue weighted by molar-refractivity contribution is 5.76. The van der Waals surface area contributed by atoms with Gasteiger partial charge < -0.3 is 10.1 Å². The van der Waals surface area contributed by atoms with Crippen LogP contribution in [0.25, 0.3) is 10.4 Å². The molecule has 0 aromatic heterocycles. The number of rotatable bonds is 10. The SMILES string of the molecule is CCOC(=O)C(NCCCN=[N+]=[N-])C(CC)CC. The number of nitrogens with zero attached hydrogens (tertiary/aromatic N) is 3. The number of esters is 1. The number of carbonyl (C=O) groups excluding carboxylic acids is 1. The standard InChI is InChI=1S/C12H24N4O2/c1-4-10(5-2)11(12(17)18-6-3)14-8-7-9-15-16-13/h10-11,14H,4-9H2,1-3H3. The number of azide groups is 1. The van der Waals surface area contributed by atoms with E-state index in [1.54, 1.807) is 0 Å².